The van der Waals surface area contributed by atoms with Crippen molar-refractivity contribution in [1.82, 2.24) is 9.80 Å². The highest BCUT2D eigenvalue weighted by atomic mass is 16.5. The molecule has 0 aliphatic carbocycles. The van der Waals surface area contributed by atoms with Crippen LogP contribution in [0.4, 0.5) is 0 Å². The van der Waals surface area contributed by atoms with Gasteiger partial charge in [-0.15, -0.1) is 0 Å². The third kappa shape index (κ3) is 5.00. The zero-order valence-electron chi connectivity index (χ0n) is 15.8. The van der Waals surface area contributed by atoms with Gasteiger partial charge in [0.1, 0.15) is 6.04 Å². The van der Waals surface area contributed by atoms with Gasteiger partial charge in [0.2, 0.25) is 0 Å². The number of aliphatic carboxylic acids is 1. The monoisotopic (exact) mass is 376 g/mol. The fraction of sp³-hybridized carbons (Fsp3) is 0.550. The highest BCUT2D eigenvalue weighted by Gasteiger charge is 2.29. The van der Waals surface area contributed by atoms with E-state index in [-0.39, 0.29) is 11.8 Å². The average Bonchev–Trinajstić information content (AvgIpc) is 3.14. The van der Waals surface area contributed by atoms with Gasteiger partial charge in [0.05, 0.1) is 20.3 Å². The lowest BCUT2D eigenvalue weighted by atomic mass is 10.1. The number of hydrogen-bond donors (Lipinski definition) is 2. The van der Waals surface area contributed by atoms with Crippen molar-refractivity contribution < 1.29 is 24.5 Å². The van der Waals surface area contributed by atoms with E-state index in [4.69, 9.17) is 9.47 Å². The molecule has 0 spiro atoms. The molecule has 1 aromatic carbocycles. The topological polar surface area (TPSA) is 82.5 Å². The van der Waals surface area contributed by atoms with Crippen LogP contribution < -0.4 is 4.74 Å². The van der Waals surface area contributed by atoms with Gasteiger partial charge in [-0.25, -0.2) is 0 Å². The lowest BCUT2D eigenvalue weighted by molar-refractivity contribution is -0.141. The van der Waals surface area contributed by atoms with Crippen LogP contribution in [-0.2, 0) is 16.1 Å². The standard InChI is InChI=1S/C20H28N2O5/c1-26-18-13-15(4-2-6-22-7-3-5-17(22)20(24)25)12-16(19(18)23)14-21-8-10-27-11-9-21/h2,4,12-13,17,23H,3,5-11,14H2,1H3,(H,24,25). The maximum absolute atomic E-state index is 11.3. The average molecular weight is 376 g/mol. The van der Waals surface area contributed by atoms with Crippen LogP contribution >= 0.6 is 0 Å². The van der Waals surface area contributed by atoms with Crippen LogP contribution in [0.3, 0.4) is 0 Å². The number of morpholine rings is 1. The van der Waals surface area contributed by atoms with Crippen LogP contribution in [0.1, 0.15) is 24.0 Å². The third-order valence-electron chi connectivity index (χ3n) is 5.19. The highest BCUT2D eigenvalue weighted by molar-refractivity contribution is 5.73. The summed E-state index contributed by atoms with van der Waals surface area (Å²) in [6.45, 7) is 5.14. The number of phenolic OH excluding ortho intramolecular Hbond substituents is 1. The molecule has 0 bridgehead atoms. The number of benzene rings is 1. The zero-order valence-corrected chi connectivity index (χ0v) is 15.8. The first-order chi connectivity index (χ1) is 13.1. The Bertz CT molecular complexity index is 685. The molecular formula is C20H28N2O5. The molecule has 1 unspecified atom stereocenters. The van der Waals surface area contributed by atoms with Gasteiger partial charge in [-0.05, 0) is 37.1 Å². The molecule has 7 heteroatoms. The van der Waals surface area contributed by atoms with E-state index in [1.807, 2.05) is 23.1 Å². The summed E-state index contributed by atoms with van der Waals surface area (Å²) >= 11 is 0. The molecule has 2 heterocycles. The summed E-state index contributed by atoms with van der Waals surface area (Å²) < 4.78 is 10.7. The molecule has 27 heavy (non-hydrogen) atoms. The quantitative estimate of drug-likeness (QED) is 0.751. The Kier molecular flexibility index (Phi) is 6.71. The van der Waals surface area contributed by atoms with Crippen molar-refractivity contribution in [3.05, 3.63) is 29.3 Å². The summed E-state index contributed by atoms with van der Waals surface area (Å²) in [5, 5.41) is 19.7. The predicted octanol–water partition coefficient (Wildman–Crippen LogP) is 1.80. The van der Waals surface area contributed by atoms with E-state index in [9.17, 15) is 15.0 Å². The second kappa shape index (κ2) is 9.21. The van der Waals surface area contributed by atoms with Crippen LogP contribution in [0.15, 0.2) is 18.2 Å². The van der Waals surface area contributed by atoms with Gasteiger partial charge in [0.25, 0.3) is 0 Å². The Morgan fingerprint density at radius 1 is 1.33 bits per heavy atom. The van der Waals surface area contributed by atoms with Crippen molar-refractivity contribution in [2.45, 2.75) is 25.4 Å². The Morgan fingerprint density at radius 3 is 2.81 bits per heavy atom. The third-order valence-corrected chi connectivity index (χ3v) is 5.19. The molecule has 0 radical (unpaired) electrons. The molecule has 2 aliphatic heterocycles. The number of nitrogens with zero attached hydrogens (tertiary/aromatic N) is 2. The first-order valence-corrected chi connectivity index (χ1v) is 9.42. The summed E-state index contributed by atoms with van der Waals surface area (Å²) in [6.07, 6.45) is 5.56. The van der Waals surface area contributed by atoms with E-state index in [2.05, 4.69) is 4.90 Å². The van der Waals surface area contributed by atoms with Crippen molar-refractivity contribution in [2.75, 3.05) is 46.5 Å². The van der Waals surface area contributed by atoms with Crippen LogP contribution in [-0.4, -0.2) is 78.5 Å². The second-order valence-corrected chi connectivity index (χ2v) is 7.01. The summed E-state index contributed by atoms with van der Waals surface area (Å²) in [5.41, 5.74) is 1.75. The van der Waals surface area contributed by atoms with Gasteiger partial charge in [0.15, 0.2) is 11.5 Å². The number of carbonyl (C=O) groups is 1. The van der Waals surface area contributed by atoms with Crippen LogP contribution in [0.25, 0.3) is 6.08 Å². The van der Waals surface area contributed by atoms with Crippen molar-refractivity contribution in [2.24, 2.45) is 0 Å². The van der Waals surface area contributed by atoms with Gasteiger partial charge < -0.3 is 19.7 Å². The summed E-state index contributed by atoms with van der Waals surface area (Å²) in [4.78, 5) is 15.5. The highest BCUT2D eigenvalue weighted by Crippen LogP contribution is 2.33. The first-order valence-electron chi connectivity index (χ1n) is 9.42. The molecule has 7 nitrogen and oxygen atoms in total. The number of aromatic hydroxyl groups is 1. The minimum Gasteiger partial charge on any atom is -0.504 e. The van der Waals surface area contributed by atoms with Crippen molar-refractivity contribution in [3.63, 3.8) is 0 Å². The normalized spacial score (nSPS) is 21.7. The maximum atomic E-state index is 11.3. The molecule has 0 aromatic heterocycles. The molecule has 1 aromatic rings. The minimum atomic E-state index is -0.750. The number of hydrogen-bond acceptors (Lipinski definition) is 6. The van der Waals surface area contributed by atoms with E-state index in [0.717, 1.165) is 37.2 Å². The van der Waals surface area contributed by atoms with Crippen LogP contribution in [0, 0.1) is 0 Å². The summed E-state index contributed by atoms with van der Waals surface area (Å²) in [7, 11) is 1.54. The predicted molar refractivity (Wildman–Crippen MR) is 102 cm³/mol. The van der Waals surface area contributed by atoms with Gasteiger partial charge in [-0.2, -0.15) is 0 Å². The fourth-order valence-corrected chi connectivity index (χ4v) is 3.71. The number of ether oxygens (including phenoxy) is 2. The van der Waals surface area contributed by atoms with Gasteiger partial charge in [-0.1, -0.05) is 12.2 Å². The lowest BCUT2D eigenvalue weighted by Gasteiger charge is -2.27. The number of methoxy groups -OCH3 is 1. The SMILES string of the molecule is COc1cc(C=CCN2CCCC2C(=O)O)cc(CN2CCOCC2)c1O. The van der Waals surface area contributed by atoms with Crippen LogP contribution in [0.5, 0.6) is 11.5 Å². The number of rotatable bonds is 7. The van der Waals surface area contributed by atoms with Crippen molar-refractivity contribution >= 4 is 12.0 Å². The fourth-order valence-electron chi connectivity index (χ4n) is 3.71. The molecule has 2 saturated heterocycles. The largest absolute Gasteiger partial charge is 0.504 e. The molecule has 1 atom stereocenters. The molecule has 2 fully saturated rings. The van der Waals surface area contributed by atoms with E-state index in [1.54, 1.807) is 13.2 Å². The van der Waals surface area contributed by atoms with Crippen molar-refractivity contribution in [3.8, 4) is 11.5 Å². The Hall–Kier alpha value is -2.09. The molecular weight excluding hydrogens is 348 g/mol. The lowest BCUT2D eigenvalue weighted by Crippen LogP contribution is -2.35. The zero-order chi connectivity index (χ0) is 19.2. The van der Waals surface area contributed by atoms with Crippen LogP contribution in [0.2, 0.25) is 0 Å². The summed E-state index contributed by atoms with van der Waals surface area (Å²) in [6, 6.07) is 3.37. The number of phenols is 1. The molecule has 148 valence electrons. The second-order valence-electron chi connectivity index (χ2n) is 7.01. The molecule has 0 amide bonds. The molecule has 2 N–H and O–H groups in total. The van der Waals surface area contributed by atoms with Crippen molar-refractivity contribution in [1.29, 1.82) is 0 Å². The van der Waals surface area contributed by atoms with Gasteiger partial charge >= 0.3 is 5.97 Å². The Labute approximate surface area is 159 Å². The van der Waals surface area contributed by atoms with E-state index in [1.165, 1.54) is 0 Å². The molecule has 0 saturated carbocycles. The maximum Gasteiger partial charge on any atom is 0.320 e. The smallest absolute Gasteiger partial charge is 0.320 e. The van der Waals surface area contributed by atoms with Gasteiger partial charge in [0, 0.05) is 31.7 Å². The number of carboxylic acid groups (broad SMARTS) is 1. The molecule has 3 rings (SSSR count). The number of likely N-dealkylation sites (tertiary alicyclic amines) is 1. The van der Waals surface area contributed by atoms with E-state index in [0.29, 0.717) is 38.5 Å². The molecule has 2 aliphatic rings. The van der Waals surface area contributed by atoms with E-state index >= 15 is 0 Å². The first kappa shape index (κ1) is 19.7. The van der Waals surface area contributed by atoms with Gasteiger partial charge in [-0.3, -0.25) is 14.6 Å². The summed E-state index contributed by atoms with van der Waals surface area (Å²) in [5.74, 6) is -0.128. The number of carboxylic acids is 1. The van der Waals surface area contributed by atoms with E-state index < -0.39 is 5.97 Å². The minimum absolute atomic E-state index is 0.173. The Morgan fingerprint density at radius 2 is 2.11 bits per heavy atom. The Balaban J connectivity index is 1.70.